The van der Waals surface area contributed by atoms with Crippen molar-refractivity contribution in [3.8, 4) is 0 Å². The second-order valence-corrected chi connectivity index (χ2v) is 8.32. The van der Waals surface area contributed by atoms with E-state index in [2.05, 4.69) is 15.5 Å². The summed E-state index contributed by atoms with van der Waals surface area (Å²) >= 11 is 0. The molecule has 1 N–H and O–H groups in total. The number of hydrogen-bond acceptors (Lipinski definition) is 6. The molecule has 1 atom stereocenters. The second kappa shape index (κ2) is 8.23. The maximum Gasteiger partial charge on any atom is 0.276 e. The number of imidazole rings is 1. The normalized spacial score (nSPS) is 19.5. The molecule has 9 heteroatoms. The van der Waals surface area contributed by atoms with Crippen molar-refractivity contribution in [3.05, 3.63) is 71.6 Å². The molecule has 166 valence electrons. The Hall–Kier alpha value is -3.46. The standard InChI is InChI=1S/C23H25N5O4/c1-16-13-18(26-32-16)21(30)27-10-7-23(8-11-27)22-24-9-12-28(22)15-19(31-23)20(29)25-14-17-5-3-2-4-6-17/h2-6,9,12-13,19H,7-8,10-11,14-15H2,1H3,(H,25,29)/t19-/m0/s1. The molecular weight excluding hydrogens is 410 g/mol. The maximum absolute atomic E-state index is 12.9. The van der Waals surface area contributed by atoms with Crippen molar-refractivity contribution in [1.29, 1.82) is 0 Å². The van der Waals surface area contributed by atoms with Crippen molar-refractivity contribution < 1.29 is 18.8 Å². The van der Waals surface area contributed by atoms with Gasteiger partial charge in [-0.2, -0.15) is 0 Å². The molecule has 1 saturated heterocycles. The Morgan fingerprint density at radius 3 is 2.72 bits per heavy atom. The fraction of sp³-hybridized carbons (Fsp3) is 0.391. The van der Waals surface area contributed by atoms with Crippen LogP contribution >= 0.6 is 0 Å². The molecule has 2 aliphatic heterocycles. The van der Waals surface area contributed by atoms with Crippen molar-refractivity contribution in [3.63, 3.8) is 0 Å². The Morgan fingerprint density at radius 2 is 2.00 bits per heavy atom. The Bertz CT molecular complexity index is 1110. The molecule has 4 heterocycles. The molecule has 1 spiro atoms. The number of fused-ring (bicyclic) bond motifs is 2. The number of piperidine rings is 1. The number of rotatable bonds is 4. The van der Waals surface area contributed by atoms with Crippen LogP contribution in [0.15, 0.2) is 53.3 Å². The van der Waals surface area contributed by atoms with E-state index in [-0.39, 0.29) is 11.8 Å². The largest absolute Gasteiger partial charge is 0.361 e. The van der Waals surface area contributed by atoms with Gasteiger partial charge in [0.05, 0.1) is 6.54 Å². The molecular formula is C23H25N5O4. The van der Waals surface area contributed by atoms with Crippen LogP contribution in [0.5, 0.6) is 0 Å². The molecule has 9 nitrogen and oxygen atoms in total. The smallest absolute Gasteiger partial charge is 0.276 e. The predicted molar refractivity (Wildman–Crippen MR) is 113 cm³/mol. The molecule has 2 aliphatic rings. The lowest BCUT2D eigenvalue weighted by molar-refractivity contribution is -0.172. The minimum Gasteiger partial charge on any atom is -0.361 e. The van der Waals surface area contributed by atoms with Crippen LogP contribution < -0.4 is 5.32 Å². The van der Waals surface area contributed by atoms with Gasteiger partial charge in [0.15, 0.2) is 11.8 Å². The van der Waals surface area contributed by atoms with Gasteiger partial charge >= 0.3 is 0 Å². The van der Waals surface area contributed by atoms with Gasteiger partial charge in [-0.05, 0) is 12.5 Å². The first-order chi connectivity index (χ1) is 15.5. The van der Waals surface area contributed by atoms with E-state index in [9.17, 15) is 9.59 Å². The van der Waals surface area contributed by atoms with Crippen LogP contribution in [0.2, 0.25) is 0 Å². The molecule has 2 amide bonds. The highest BCUT2D eigenvalue weighted by Gasteiger charge is 2.47. The van der Waals surface area contributed by atoms with Crippen LogP contribution in [0.4, 0.5) is 0 Å². The van der Waals surface area contributed by atoms with E-state index in [0.29, 0.717) is 50.5 Å². The van der Waals surface area contributed by atoms with E-state index in [4.69, 9.17) is 9.26 Å². The van der Waals surface area contributed by atoms with Crippen LogP contribution in [0.3, 0.4) is 0 Å². The van der Waals surface area contributed by atoms with E-state index in [0.717, 1.165) is 11.4 Å². The van der Waals surface area contributed by atoms with E-state index < -0.39 is 11.7 Å². The topological polar surface area (TPSA) is 102 Å². The van der Waals surface area contributed by atoms with E-state index >= 15 is 0 Å². The lowest BCUT2D eigenvalue weighted by Gasteiger charge is -2.45. The van der Waals surface area contributed by atoms with Gasteiger partial charge in [-0.15, -0.1) is 0 Å². The summed E-state index contributed by atoms with van der Waals surface area (Å²) in [5.74, 6) is 1.11. The van der Waals surface area contributed by atoms with Gasteiger partial charge in [0.25, 0.3) is 11.8 Å². The number of benzene rings is 1. The Balaban J connectivity index is 1.28. The van der Waals surface area contributed by atoms with Crippen LogP contribution in [0.25, 0.3) is 0 Å². The molecule has 2 aromatic heterocycles. The molecule has 3 aromatic rings. The summed E-state index contributed by atoms with van der Waals surface area (Å²) in [7, 11) is 0. The third kappa shape index (κ3) is 3.80. The fourth-order valence-corrected chi connectivity index (χ4v) is 4.47. The van der Waals surface area contributed by atoms with Crippen molar-refractivity contribution in [2.75, 3.05) is 13.1 Å². The zero-order valence-corrected chi connectivity index (χ0v) is 17.9. The minimum atomic E-state index is -0.701. The Labute approximate surface area is 185 Å². The van der Waals surface area contributed by atoms with Gasteiger partial charge in [0, 0.05) is 50.9 Å². The summed E-state index contributed by atoms with van der Waals surface area (Å²) in [4.78, 5) is 32.0. The van der Waals surface area contributed by atoms with Gasteiger partial charge in [0.2, 0.25) is 0 Å². The number of hydrogen-bond donors (Lipinski definition) is 1. The molecule has 32 heavy (non-hydrogen) atoms. The predicted octanol–water partition coefficient (Wildman–Crippen LogP) is 2.03. The monoisotopic (exact) mass is 435 g/mol. The number of aryl methyl sites for hydroxylation is 1. The number of carbonyl (C=O) groups excluding carboxylic acids is 2. The first-order valence-electron chi connectivity index (χ1n) is 10.8. The van der Waals surface area contributed by atoms with Crippen molar-refractivity contribution in [2.45, 2.75) is 44.6 Å². The third-order valence-electron chi connectivity index (χ3n) is 6.16. The summed E-state index contributed by atoms with van der Waals surface area (Å²) < 4.78 is 13.5. The summed E-state index contributed by atoms with van der Waals surface area (Å²) in [5.41, 5.74) is 0.639. The minimum absolute atomic E-state index is 0.149. The van der Waals surface area contributed by atoms with E-state index in [1.165, 1.54) is 0 Å². The van der Waals surface area contributed by atoms with Crippen LogP contribution in [0, 0.1) is 6.92 Å². The number of ether oxygens (including phenoxy) is 1. The second-order valence-electron chi connectivity index (χ2n) is 8.32. The molecule has 0 saturated carbocycles. The number of aromatic nitrogens is 3. The highest BCUT2D eigenvalue weighted by atomic mass is 16.5. The lowest BCUT2D eigenvalue weighted by atomic mass is 9.88. The molecule has 0 bridgehead atoms. The highest BCUT2D eigenvalue weighted by molar-refractivity contribution is 5.92. The molecule has 0 radical (unpaired) electrons. The van der Waals surface area contributed by atoms with Gasteiger partial charge in [-0.1, -0.05) is 35.5 Å². The average molecular weight is 435 g/mol. The molecule has 5 rings (SSSR count). The number of nitrogens with zero attached hydrogens (tertiary/aromatic N) is 4. The number of nitrogens with one attached hydrogen (secondary N) is 1. The van der Waals surface area contributed by atoms with Gasteiger partial charge in [0.1, 0.15) is 17.2 Å². The molecule has 1 aromatic carbocycles. The summed E-state index contributed by atoms with van der Waals surface area (Å²) in [6.45, 7) is 3.58. The molecule has 1 fully saturated rings. The summed E-state index contributed by atoms with van der Waals surface area (Å²) in [5, 5.41) is 6.82. The quantitative estimate of drug-likeness (QED) is 0.673. The average Bonchev–Trinajstić information content (AvgIpc) is 3.48. The van der Waals surface area contributed by atoms with Crippen molar-refractivity contribution in [1.82, 2.24) is 24.9 Å². The SMILES string of the molecule is Cc1cc(C(=O)N2CCC3(CC2)O[C@H](C(=O)NCc2ccccc2)Cn2ccnc23)no1. The highest BCUT2D eigenvalue weighted by Crippen LogP contribution is 2.40. The number of amides is 2. The zero-order chi connectivity index (χ0) is 22.1. The van der Waals surface area contributed by atoms with E-state index in [1.807, 2.05) is 41.1 Å². The van der Waals surface area contributed by atoms with Crippen molar-refractivity contribution >= 4 is 11.8 Å². The summed E-state index contributed by atoms with van der Waals surface area (Å²) in [6.07, 6.45) is 4.10. The van der Waals surface area contributed by atoms with E-state index in [1.54, 1.807) is 24.1 Å². The maximum atomic E-state index is 12.9. The van der Waals surface area contributed by atoms with Crippen molar-refractivity contribution in [2.24, 2.45) is 0 Å². The molecule has 0 unspecified atom stereocenters. The summed E-state index contributed by atoms with van der Waals surface area (Å²) in [6, 6.07) is 11.4. The van der Waals surface area contributed by atoms with Crippen LogP contribution in [0.1, 0.15) is 40.5 Å². The van der Waals surface area contributed by atoms with Crippen LogP contribution in [-0.2, 0) is 28.2 Å². The molecule has 0 aliphatic carbocycles. The first-order valence-corrected chi connectivity index (χ1v) is 10.8. The van der Waals surface area contributed by atoms with Crippen LogP contribution in [-0.4, -0.2) is 50.6 Å². The first kappa shape index (κ1) is 20.4. The van der Waals surface area contributed by atoms with Gasteiger partial charge in [-0.3, -0.25) is 9.59 Å². The van der Waals surface area contributed by atoms with Gasteiger partial charge < -0.3 is 24.0 Å². The Kier molecular flexibility index (Phi) is 5.26. The number of carbonyl (C=O) groups is 2. The number of likely N-dealkylation sites (tertiary alicyclic amines) is 1. The Morgan fingerprint density at radius 1 is 1.22 bits per heavy atom. The van der Waals surface area contributed by atoms with Gasteiger partial charge in [-0.25, -0.2) is 4.98 Å². The lowest BCUT2D eigenvalue weighted by Crippen LogP contribution is -2.54. The third-order valence-corrected chi connectivity index (χ3v) is 6.16. The fourth-order valence-electron chi connectivity index (χ4n) is 4.47. The zero-order valence-electron chi connectivity index (χ0n) is 17.9.